The van der Waals surface area contributed by atoms with Gasteiger partial charge in [-0.05, 0) is 15.4 Å². The number of carboxylic acids is 1. The molecular weight excluding hydrogens is 348 g/mol. The number of carbonyl (C=O) groups excluding carboxylic acids is 1. The van der Waals surface area contributed by atoms with Gasteiger partial charge in [0.25, 0.3) is 5.97 Å². The molecule has 2 unspecified atom stereocenters. The molecule has 19 heavy (non-hydrogen) atoms. The van der Waals surface area contributed by atoms with Crippen molar-refractivity contribution < 1.29 is 47.4 Å². The predicted molar refractivity (Wildman–Crippen MR) is 67.0 cm³/mol. The molecule has 0 aromatic carbocycles. The van der Waals surface area contributed by atoms with E-state index in [2.05, 4.69) is 19.7 Å². The van der Waals surface area contributed by atoms with Gasteiger partial charge in [0.2, 0.25) is 5.91 Å². The molecule has 1 amide bonds. The van der Waals surface area contributed by atoms with E-state index in [9.17, 15) is 9.59 Å². The summed E-state index contributed by atoms with van der Waals surface area (Å²) in [5, 5.41) is 16.0. The Morgan fingerprint density at radius 2 is 2.21 bits per heavy atom. The number of amides is 1. The number of hydrogen-bond donors (Lipinski definition) is 1. The van der Waals surface area contributed by atoms with E-state index >= 15 is 0 Å². The molecule has 0 bridgehead atoms. The molecule has 1 rings (SSSR count). The smallest absolute Gasteiger partial charge is 0.287 e. The quantitative estimate of drug-likeness (QED) is 0.763. The number of carbonyl (C=O) groups is 2. The summed E-state index contributed by atoms with van der Waals surface area (Å²) in [6, 6.07) is -1.27. The number of nitrogens with two attached hydrogens (primary N) is 1. The summed E-state index contributed by atoms with van der Waals surface area (Å²) in [5.74, 6) is -1.34. The molecule has 0 saturated heterocycles. The summed E-state index contributed by atoms with van der Waals surface area (Å²) < 4.78 is 2.66. The minimum Gasteiger partial charge on any atom is -0.693 e. The number of aliphatic carboxylic acids is 1. The topological polar surface area (TPSA) is 146 Å². The Morgan fingerprint density at radius 1 is 1.63 bits per heavy atom. The Morgan fingerprint density at radius 3 is 2.68 bits per heavy atom. The van der Waals surface area contributed by atoms with Crippen LogP contribution in [0.5, 0.6) is 0 Å². The molecule has 1 aromatic heterocycles. The molecule has 0 aliphatic heterocycles. The van der Waals surface area contributed by atoms with E-state index in [1.807, 2.05) is 0 Å². The van der Waals surface area contributed by atoms with Crippen LogP contribution in [0, 0.1) is 0 Å². The fourth-order valence-electron chi connectivity index (χ4n) is 1.05. The van der Waals surface area contributed by atoms with Crippen molar-refractivity contribution in [1.29, 1.82) is 0 Å². The van der Waals surface area contributed by atoms with Crippen molar-refractivity contribution >= 4 is 21.3 Å². The third-order valence-electron chi connectivity index (χ3n) is 1.99. The number of hydrogen-bond acceptors (Lipinski definition) is 4. The normalized spacial score (nSPS) is 10.9. The van der Waals surface area contributed by atoms with Crippen LogP contribution in [0.4, 0.5) is 0 Å². The van der Waals surface area contributed by atoms with E-state index in [0.29, 0.717) is 5.69 Å². The second kappa shape index (κ2) is 9.44. The first-order valence-electron chi connectivity index (χ1n) is 4.76. The van der Waals surface area contributed by atoms with Crippen LogP contribution in [-0.2, 0) is 55.4 Å². The molecule has 4 N–H and O–H groups in total. The van der Waals surface area contributed by atoms with Crippen LogP contribution in [0.15, 0.2) is 6.20 Å². The van der Waals surface area contributed by atoms with Crippen molar-refractivity contribution in [2.24, 2.45) is 0 Å². The summed E-state index contributed by atoms with van der Waals surface area (Å²) in [7, 11) is 2.26. The first-order valence-corrected chi connectivity index (χ1v) is 5.27. The Kier molecular flexibility index (Phi) is 10.4. The maximum absolute atomic E-state index is 11.0. The maximum Gasteiger partial charge on any atom is 0.287 e. The van der Waals surface area contributed by atoms with Crippen molar-refractivity contribution in [1.82, 2.24) is 19.7 Å². The second-order valence-electron chi connectivity index (χ2n) is 3.47. The molecule has 0 aliphatic rings. The van der Waals surface area contributed by atoms with Gasteiger partial charge in [-0.1, -0.05) is 5.21 Å². The molecule has 0 saturated carbocycles. The van der Waals surface area contributed by atoms with Gasteiger partial charge in [-0.25, -0.2) is 0 Å². The standard InChI is InChI=1S/C8H13N5O3P.H2N.Y/c1-5(14)13(17)3-6-2-12(11-10-6)4-7(9)8(15)16;;/h2,7,9H,3-4,17H2,1H3,(H,15,16);1H2;/q2*-1;. The van der Waals surface area contributed by atoms with E-state index in [4.69, 9.17) is 10.8 Å². The summed E-state index contributed by atoms with van der Waals surface area (Å²) >= 11 is 0. The van der Waals surface area contributed by atoms with E-state index in [0.717, 1.165) is 0 Å². The van der Waals surface area contributed by atoms with E-state index < -0.39 is 12.0 Å². The molecule has 0 aliphatic carbocycles. The molecule has 1 radical (unpaired) electrons. The Bertz CT molecular complexity index is 392. The van der Waals surface area contributed by atoms with Gasteiger partial charge in [0.15, 0.2) is 0 Å². The fourth-order valence-corrected chi connectivity index (χ4v) is 1.24. The fraction of sp³-hybridized carbons (Fsp3) is 0.500. The monoisotopic (exact) mass is 363 g/mol. The Labute approximate surface area is 138 Å². The molecule has 0 fully saturated rings. The van der Waals surface area contributed by atoms with Crippen molar-refractivity contribution in [3.05, 3.63) is 23.8 Å². The van der Waals surface area contributed by atoms with Gasteiger partial charge in [-0.3, -0.25) is 14.3 Å². The molecule has 1 aromatic rings. The predicted octanol–water partition coefficient (Wildman–Crippen LogP) is 0.637. The first kappa shape index (κ1) is 20.8. The molecule has 11 heteroatoms. The third kappa shape index (κ3) is 7.03. The number of aromatic nitrogens is 3. The number of nitrogens with one attached hydrogen (secondary N) is 1. The molecule has 0 spiro atoms. The summed E-state index contributed by atoms with van der Waals surface area (Å²) in [6.07, 6.45) is 1.52. The van der Waals surface area contributed by atoms with Crippen LogP contribution in [0.1, 0.15) is 12.6 Å². The molecular formula is C8H15N6O3PY-2. The molecule has 9 nitrogen and oxygen atoms in total. The first-order chi connectivity index (χ1) is 7.90. The van der Waals surface area contributed by atoms with Crippen LogP contribution in [0.3, 0.4) is 0 Å². The molecule has 2 atom stereocenters. The van der Waals surface area contributed by atoms with Crippen molar-refractivity contribution in [2.75, 3.05) is 0 Å². The van der Waals surface area contributed by atoms with Gasteiger partial charge in [0, 0.05) is 46.2 Å². The van der Waals surface area contributed by atoms with E-state index in [1.54, 1.807) is 0 Å². The Balaban J connectivity index is 0. The van der Waals surface area contributed by atoms with E-state index in [1.165, 1.54) is 22.5 Å². The number of rotatable bonds is 5. The summed E-state index contributed by atoms with van der Waals surface area (Å²) in [6.45, 7) is 1.62. The zero-order valence-electron chi connectivity index (χ0n) is 10.4. The van der Waals surface area contributed by atoms with Gasteiger partial charge in [-0.2, -0.15) is 0 Å². The van der Waals surface area contributed by atoms with Gasteiger partial charge in [0.05, 0.1) is 12.7 Å². The van der Waals surface area contributed by atoms with Crippen molar-refractivity contribution in [3.63, 3.8) is 0 Å². The van der Waals surface area contributed by atoms with Crippen molar-refractivity contribution in [3.8, 4) is 0 Å². The SMILES string of the molecule is CC(=O)N(P)Cc1cn(CC([NH-])C(=O)O)nn1.[NH2-].[Y]. The van der Waals surface area contributed by atoms with Crippen LogP contribution in [-0.4, -0.2) is 42.7 Å². The van der Waals surface area contributed by atoms with Gasteiger partial charge >= 0.3 is 0 Å². The Hall–Kier alpha value is -0.466. The zero-order chi connectivity index (χ0) is 13.0. The van der Waals surface area contributed by atoms with Gasteiger partial charge < -0.3 is 21.7 Å². The zero-order valence-corrected chi connectivity index (χ0v) is 14.3. The van der Waals surface area contributed by atoms with Crippen LogP contribution in [0.25, 0.3) is 11.9 Å². The summed E-state index contributed by atoms with van der Waals surface area (Å²) in [5.41, 5.74) is 7.76. The minimum absolute atomic E-state index is 0. The van der Waals surface area contributed by atoms with Crippen LogP contribution in [0.2, 0.25) is 0 Å². The minimum atomic E-state index is -1.27. The average molecular weight is 363 g/mol. The van der Waals surface area contributed by atoms with Gasteiger partial charge in [-0.15, -0.1) is 5.10 Å². The molecule has 1 heterocycles. The number of nitrogens with zero attached hydrogens (tertiary/aromatic N) is 4. The summed E-state index contributed by atoms with van der Waals surface area (Å²) in [4.78, 5) is 21.4. The second-order valence-corrected chi connectivity index (χ2v) is 4.09. The van der Waals surface area contributed by atoms with Crippen molar-refractivity contribution in [2.45, 2.75) is 26.1 Å². The largest absolute Gasteiger partial charge is 0.693 e. The van der Waals surface area contributed by atoms with Crippen LogP contribution < -0.4 is 0 Å². The van der Waals surface area contributed by atoms with Crippen LogP contribution >= 0.6 is 9.39 Å². The maximum atomic E-state index is 11.0. The average Bonchev–Trinajstić information content (AvgIpc) is 2.65. The third-order valence-corrected chi connectivity index (χ3v) is 2.54. The number of carboxylic acid groups (broad SMARTS) is 1. The van der Waals surface area contributed by atoms with Gasteiger partial charge in [0.1, 0.15) is 5.69 Å². The van der Waals surface area contributed by atoms with E-state index in [-0.39, 0.29) is 57.9 Å². The molecule has 105 valence electrons.